The van der Waals surface area contributed by atoms with Crippen LogP contribution in [0.5, 0.6) is 0 Å². The fourth-order valence-corrected chi connectivity index (χ4v) is 3.89. The fraction of sp³-hybridized carbons (Fsp3) is 0.0526. The Kier molecular flexibility index (Phi) is 4.32. The minimum absolute atomic E-state index is 0.122. The highest BCUT2D eigenvalue weighted by molar-refractivity contribution is 9.10. The second-order valence-electron chi connectivity index (χ2n) is 6.07. The first-order valence-corrected chi connectivity index (χ1v) is 10.6. The molecular weight excluding hydrogens is 433 g/mol. The number of benzene rings is 2. The minimum Gasteiger partial charge on any atom is -0.221 e. The number of hydrogen-bond acceptors (Lipinski definition) is 4. The molecule has 2 aromatic carbocycles. The molecule has 2 aromatic heterocycles. The van der Waals surface area contributed by atoms with Gasteiger partial charge in [-0.15, -0.1) is 0 Å². The lowest BCUT2D eigenvalue weighted by atomic mass is 10.0. The average Bonchev–Trinajstić information content (AvgIpc) is 3.02. The Balaban J connectivity index is 1.82. The van der Waals surface area contributed by atoms with E-state index in [2.05, 4.69) is 26.0 Å². The van der Waals surface area contributed by atoms with Crippen LogP contribution in [-0.2, 0) is 9.84 Å². The molecule has 0 unspecified atom stereocenters. The van der Waals surface area contributed by atoms with Crippen LogP contribution in [0.2, 0.25) is 0 Å². The maximum absolute atomic E-state index is 13.1. The molecule has 0 aliphatic heterocycles. The molecule has 0 atom stereocenters. The van der Waals surface area contributed by atoms with E-state index in [4.69, 9.17) is 0 Å². The Morgan fingerprint density at radius 1 is 0.963 bits per heavy atom. The highest BCUT2D eigenvalue weighted by Gasteiger charge is 2.19. The normalized spacial score (nSPS) is 11.8. The van der Waals surface area contributed by atoms with E-state index in [-0.39, 0.29) is 11.0 Å². The van der Waals surface area contributed by atoms with E-state index in [1.165, 1.54) is 22.8 Å². The highest BCUT2D eigenvalue weighted by Crippen LogP contribution is 2.28. The molecule has 5 nitrogen and oxygen atoms in total. The first-order valence-electron chi connectivity index (χ1n) is 7.94. The van der Waals surface area contributed by atoms with E-state index in [9.17, 15) is 12.8 Å². The van der Waals surface area contributed by atoms with Crippen LogP contribution in [0.15, 0.2) is 70.4 Å². The number of aromatic nitrogens is 3. The molecule has 8 heteroatoms. The molecule has 27 heavy (non-hydrogen) atoms. The molecule has 0 saturated carbocycles. The summed E-state index contributed by atoms with van der Waals surface area (Å²) in [5.41, 5.74) is 3.72. The zero-order valence-electron chi connectivity index (χ0n) is 14.1. The summed E-state index contributed by atoms with van der Waals surface area (Å²) in [6, 6.07) is 15.5. The number of sulfone groups is 1. The standard InChI is InChI=1S/C19H13BrFN3O2S/c1-27(25,26)19-23-17(10-18-16(20)11-22-24(18)19)14-4-2-12(3-5-14)13-6-8-15(21)9-7-13/h2-11H,1H3. The van der Waals surface area contributed by atoms with Crippen LogP contribution in [0, 0.1) is 5.82 Å². The van der Waals surface area contributed by atoms with Gasteiger partial charge in [-0.2, -0.15) is 5.10 Å². The summed E-state index contributed by atoms with van der Waals surface area (Å²) in [6.45, 7) is 0. The van der Waals surface area contributed by atoms with E-state index in [0.717, 1.165) is 22.9 Å². The summed E-state index contributed by atoms with van der Waals surface area (Å²) >= 11 is 3.39. The Bertz CT molecular complexity index is 1250. The van der Waals surface area contributed by atoms with Gasteiger partial charge in [0.15, 0.2) is 0 Å². The fourth-order valence-electron chi connectivity index (χ4n) is 2.80. The number of fused-ring (bicyclic) bond motifs is 1. The minimum atomic E-state index is -3.57. The first kappa shape index (κ1) is 17.8. The molecular formula is C19H13BrFN3O2S. The maximum Gasteiger partial charge on any atom is 0.249 e. The summed E-state index contributed by atoms with van der Waals surface area (Å²) in [5.74, 6) is -0.285. The molecule has 0 radical (unpaired) electrons. The molecule has 0 aliphatic rings. The molecule has 0 amide bonds. The second-order valence-corrected chi connectivity index (χ2v) is 8.83. The molecule has 0 saturated heterocycles. The molecule has 0 bridgehead atoms. The van der Waals surface area contributed by atoms with Crippen molar-refractivity contribution in [3.8, 4) is 22.4 Å². The zero-order valence-corrected chi connectivity index (χ0v) is 16.5. The summed E-state index contributed by atoms with van der Waals surface area (Å²) < 4.78 is 39.3. The zero-order chi connectivity index (χ0) is 19.2. The van der Waals surface area contributed by atoms with E-state index < -0.39 is 9.84 Å². The lowest BCUT2D eigenvalue weighted by molar-refractivity contribution is 0.586. The number of halogens is 2. The van der Waals surface area contributed by atoms with Gasteiger partial charge in [0.1, 0.15) is 5.82 Å². The Morgan fingerprint density at radius 3 is 2.11 bits per heavy atom. The Morgan fingerprint density at radius 2 is 1.52 bits per heavy atom. The lowest BCUT2D eigenvalue weighted by Gasteiger charge is -2.08. The van der Waals surface area contributed by atoms with Gasteiger partial charge in [-0.25, -0.2) is 22.3 Å². The van der Waals surface area contributed by atoms with Crippen molar-refractivity contribution < 1.29 is 12.8 Å². The van der Waals surface area contributed by atoms with E-state index in [0.29, 0.717) is 15.7 Å². The van der Waals surface area contributed by atoms with Gasteiger partial charge in [0.05, 0.1) is 21.9 Å². The van der Waals surface area contributed by atoms with Crippen LogP contribution in [0.3, 0.4) is 0 Å². The van der Waals surface area contributed by atoms with Crippen LogP contribution < -0.4 is 0 Å². The van der Waals surface area contributed by atoms with Crippen molar-refractivity contribution in [2.45, 2.75) is 5.16 Å². The Hall–Kier alpha value is -2.58. The average molecular weight is 446 g/mol. The highest BCUT2D eigenvalue weighted by atomic mass is 79.9. The van der Waals surface area contributed by atoms with Gasteiger partial charge in [0, 0.05) is 11.8 Å². The molecule has 4 rings (SSSR count). The van der Waals surface area contributed by atoms with Crippen molar-refractivity contribution >= 4 is 31.3 Å². The third kappa shape index (κ3) is 3.38. The maximum atomic E-state index is 13.1. The molecule has 4 aromatic rings. The summed E-state index contributed by atoms with van der Waals surface area (Å²) in [5, 5.41) is 3.96. The van der Waals surface area contributed by atoms with Crippen LogP contribution in [0.25, 0.3) is 27.9 Å². The van der Waals surface area contributed by atoms with Gasteiger partial charge >= 0.3 is 0 Å². The van der Waals surface area contributed by atoms with Crippen LogP contribution in [-0.4, -0.2) is 29.3 Å². The molecule has 2 heterocycles. The van der Waals surface area contributed by atoms with Gasteiger partial charge in [0.25, 0.3) is 0 Å². The summed E-state index contributed by atoms with van der Waals surface area (Å²) in [4.78, 5) is 4.31. The number of rotatable bonds is 3. The van der Waals surface area contributed by atoms with E-state index >= 15 is 0 Å². The van der Waals surface area contributed by atoms with Gasteiger partial charge in [-0.05, 0) is 45.3 Å². The van der Waals surface area contributed by atoms with Crippen molar-refractivity contribution in [3.63, 3.8) is 0 Å². The molecule has 136 valence electrons. The quantitative estimate of drug-likeness (QED) is 0.439. The van der Waals surface area contributed by atoms with Gasteiger partial charge in [-0.3, -0.25) is 0 Å². The molecule has 0 spiro atoms. The van der Waals surface area contributed by atoms with Crippen molar-refractivity contribution in [2.24, 2.45) is 0 Å². The predicted octanol–water partition coefficient (Wildman–Crippen LogP) is 4.37. The summed E-state index contributed by atoms with van der Waals surface area (Å²) in [6.07, 6.45) is 2.64. The van der Waals surface area contributed by atoms with Crippen LogP contribution in [0.1, 0.15) is 0 Å². The second kappa shape index (κ2) is 6.54. The van der Waals surface area contributed by atoms with Gasteiger partial charge in [-0.1, -0.05) is 36.4 Å². The largest absolute Gasteiger partial charge is 0.249 e. The van der Waals surface area contributed by atoms with Crippen LogP contribution in [0.4, 0.5) is 4.39 Å². The molecule has 0 N–H and O–H groups in total. The molecule has 0 fully saturated rings. The number of hydrogen-bond donors (Lipinski definition) is 0. The van der Waals surface area contributed by atoms with Crippen molar-refractivity contribution in [3.05, 3.63) is 71.1 Å². The third-order valence-corrected chi connectivity index (χ3v) is 5.66. The van der Waals surface area contributed by atoms with Crippen molar-refractivity contribution in [1.82, 2.24) is 14.6 Å². The predicted molar refractivity (Wildman–Crippen MR) is 105 cm³/mol. The lowest BCUT2D eigenvalue weighted by Crippen LogP contribution is -2.09. The topological polar surface area (TPSA) is 64.3 Å². The van der Waals surface area contributed by atoms with Gasteiger partial charge < -0.3 is 0 Å². The third-order valence-electron chi connectivity index (χ3n) is 4.12. The van der Waals surface area contributed by atoms with Crippen molar-refractivity contribution in [1.29, 1.82) is 0 Å². The smallest absolute Gasteiger partial charge is 0.221 e. The first-order chi connectivity index (χ1) is 12.8. The van der Waals surface area contributed by atoms with Crippen molar-refractivity contribution in [2.75, 3.05) is 6.26 Å². The van der Waals surface area contributed by atoms with Gasteiger partial charge in [0.2, 0.25) is 15.0 Å². The molecule has 0 aliphatic carbocycles. The number of nitrogens with zero attached hydrogens (tertiary/aromatic N) is 3. The monoisotopic (exact) mass is 445 g/mol. The van der Waals surface area contributed by atoms with Crippen LogP contribution >= 0.6 is 15.9 Å². The SMILES string of the molecule is CS(=O)(=O)c1nc(-c2ccc(-c3ccc(F)cc3)cc2)cc2c(Br)cnn12. The van der Waals surface area contributed by atoms with E-state index in [1.54, 1.807) is 18.2 Å². The Labute approximate surface area is 163 Å². The van der Waals surface area contributed by atoms with E-state index in [1.807, 2.05) is 24.3 Å². The summed E-state index contributed by atoms with van der Waals surface area (Å²) in [7, 11) is -3.57.